The van der Waals surface area contributed by atoms with Crippen LogP contribution in [0.15, 0.2) is 42.5 Å². The monoisotopic (exact) mass is 264 g/mol. The average molecular weight is 264 g/mol. The van der Waals surface area contributed by atoms with Crippen LogP contribution in [0.5, 0.6) is 0 Å². The van der Waals surface area contributed by atoms with Crippen molar-refractivity contribution in [3.63, 3.8) is 0 Å². The fraction of sp³-hybridized carbons (Fsp3) is 0.400. The lowest BCUT2D eigenvalue weighted by Crippen LogP contribution is -2.25. The van der Waals surface area contributed by atoms with Crippen LogP contribution < -0.4 is 0 Å². The Bertz CT molecular complexity index is 630. The van der Waals surface area contributed by atoms with Crippen molar-refractivity contribution in [3.05, 3.63) is 53.6 Å². The van der Waals surface area contributed by atoms with Crippen LogP contribution in [0.4, 0.5) is 0 Å². The molecule has 0 N–H and O–H groups in total. The van der Waals surface area contributed by atoms with Crippen LogP contribution in [0.1, 0.15) is 57.1 Å². The van der Waals surface area contributed by atoms with Crippen molar-refractivity contribution in [2.75, 3.05) is 0 Å². The molecule has 1 unspecified atom stereocenters. The lowest BCUT2D eigenvalue weighted by molar-refractivity contribution is 0.433. The van der Waals surface area contributed by atoms with Crippen molar-refractivity contribution in [1.82, 2.24) is 0 Å². The smallest absolute Gasteiger partial charge is 0.0141 e. The van der Waals surface area contributed by atoms with E-state index in [0.29, 0.717) is 0 Å². The molecule has 0 fully saturated rings. The molecule has 0 aromatic heterocycles. The normalized spacial score (nSPS) is 20.5. The average Bonchev–Trinajstić information content (AvgIpc) is 2.49. The number of benzene rings is 2. The van der Waals surface area contributed by atoms with Crippen molar-refractivity contribution in [1.29, 1.82) is 0 Å². The van der Waals surface area contributed by atoms with E-state index in [2.05, 4.69) is 62.4 Å². The molecule has 20 heavy (non-hydrogen) atoms. The Labute approximate surface area is 122 Å². The first-order valence-electron chi connectivity index (χ1n) is 8.02. The Morgan fingerprint density at radius 1 is 0.900 bits per heavy atom. The SMILES string of the molecule is CCCCC1(CCC)C=Cc2cccc3cccc1c23. The Hall–Kier alpha value is -1.56. The van der Waals surface area contributed by atoms with E-state index in [1.807, 2.05) is 0 Å². The standard InChI is InChI=1S/C20H24/c1-3-5-14-20(13-4-2)15-12-17-9-6-8-16-10-7-11-18(20)19(16)17/h6-12,15H,3-5,13-14H2,1-2H3. The predicted molar refractivity (Wildman–Crippen MR) is 89.1 cm³/mol. The largest absolute Gasteiger partial charge is 0.0733 e. The molecule has 0 spiro atoms. The van der Waals surface area contributed by atoms with E-state index < -0.39 is 0 Å². The van der Waals surface area contributed by atoms with Gasteiger partial charge in [-0.1, -0.05) is 81.7 Å². The Kier molecular flexibility index (Phi) is 3.65. The zero-order valence-electron chi connectivity index (χ0n) is 12.7. The molecular formula is C20H24. The molecule has 2 aromatic carbocycles. The van der Waals surface area contributed by atoms with Crippen molar-refractivity contribution in [2.24, 2.45) is 0 Å². The molecule has 104 valence electrons. The van der Waals surface area contributed by atoms with E-state index in [1.54, 1.807) is 5.56 Å². The highest BCUT2D eigenvalue weighted by molar-refractivity contribution is 5.96. The Balaban J connectivity index is 2.20. The van der Waals surface area contributed by atoms with Crippen LogP contribution in [0, 0.1) is 0 Å². The maximum Gasteiger partial charge on any atom is 0.0141 e. The minimum Gasteiger partial charge on any atom is -0.0733 e. The van der Waals surface area contributed by atoms with Gasteiger partial charge in [-0.25, -0.2) is 0 Å². The molecule has 3 rings (SSSR count). The van der Waals surface area contributed by atoms with E-state index in [9.17, 15) is 0 Å². The highest BCUT2D eigenvalue weighted by Crippen LogP contribution is 2.44. The van der Waals surface area contributed by atoms with E-state index in [-0.39, 0.29) is 5.41 Å². The molecule has 0 saturated carbocycles. The highest BCUT2D eigenvalue weighted by atomic mass is 14.4. The lowest BCUT2D eigenvalue weighted by atomic mass is 9.68. The molecule has 0 radical (unpaired) electrons. The summed E-state index contributed by atoms with van der Waals surface area (Å²) in [6, 6.07) is 13.5. The van der Waals surface area contributed by atoms with Crippen LogP contribution in [0.3, 0.4) is 0 Å². The molecule has 0 heterocycles. The van der Waals surface area contributed by atoms with Crippen LogP contribution >= 0.6 is 0 Å². The van der Waals surface area contributed by atoms with Crippen molar-refractivity contribution >= 4 is 16.8 Å². The van der Waals surface area contributed by atoms with Gasteiger partial charge in [0.05, 0.1) is 0 Å². The third-order valence-corrected chi connectivity index (χ3v) is 4.73. The van der Waals surface area contributed by atoms with Crippen molar-refractivity contribution in [2.45, 2.75) is 51.4 Å². The maximum atomic E-state index is 2.49. The molecule has 0 bridgehead atoms. The summed E-state index contributed by atoms with van der Waals surface area (Å²) in [4.78, 5) is 0. The van der Waals surface area contributed by atoms with Gasteiger partial charge in [-0.3, -0.25) is 0 Å². The second-order valence-electron chi connectivity index (χ2n) is 6.09. The molecule has 2 aromatic rings. The number of unbranched alkanes of at least 4 members (excludes halogenated alkanes) is 1. The van der Waals surface area contributed by atoms with Crippen LogP contribution in [-0.4, -0.2) is 0 Å². The van der Waals surface area contributed by atoms with Crippen LogP contribution in [0.2, 0.25) is 0 Å². The molecule has 1 atom stereocenters. The Morgan fingerprint density at radius 2 is 1.70 bits per heavy atom. The minimum atomic E-state index is 0.263. The van der Waals surface area contributed by atoms with E-state index in [1.165, 1.54) is 48.4 Å². The Morgan fingerprint density at radius 3 is 2.45 bits per heavy atom. The summed E-state index contributed by atoms with van der Waals surface area (Å²) in [7, 11) is 0. The van der Waals surface area contributed by atoms with E-state index >= 15 is 0 Å². The highest BCUT2D eigenvalue weighted by Gasteiger charge is 2.32. The maximum absolute atomic E-state index is 2.49. The molecule has 0 heteroatoms. The molecule has 0 saturated heterocycles. The van der Waals surface area contributed by atoms with Crippen LogP contribution in [-0.2, 0) is 5.41 Å². The number of hydrogen-bond acceptors (Lipinski definition) is 0. The van der Waals surface area contributed by atoms with Gasteiger partial charge in [0.15, 0.2) is 0 Å². The fourth-order valence-corrected chi connectivity index (χ4v) is 3.76. The zero-order chi connectivity index (χ0) is 14.0. The molecule has 0 aliphatic heterocycles. The second kappa shape index (κ2) is 5.44. The topological polar surface area (TPSA) is 0 Å². The summed E-state index contributed by atoms with van der Waals surface area (Å²) in [5.41, 5.74) is 3.21. The summed E-state index contributed by atoms with van der Waals surface area (Å²) in [6.45, 7) is 4.60. The molecule has 0 amide bonds. The first kappa shape index (κ1) is 13.4. The molecular weight excluding hydrogens is 240 g/mol. The van der Waals surface area contributed by atoms with Crippen molar-refractivity contribution < 1.29 is 0 Å². The summed E-state index contributed by atoms with van der Waals surface area (Å²) >= 11 is 0. The van der Waals surface area contributed by atoms with Gasteiger partial charge in [0.2, 0.25) is 0 Å². The van der Waals surface area contributed by atoms with Gasteiger partial charge in [-0.15, -0.1) is 0 Å². The molecule has 1 aliphatic carbocycles. The summed E-state index contributed by atoms with van der Waals surface area (Å²) < 4.78 is 0. The molecule has 0 nitrogen and oxygen atoms in total. The first-order valence-corrected chi connectivity index (χ1v) is 8.02. The van der Waals surface area contributed by atoms with Gasteiger partial charge < -0.3 is 0 Å². The summed E-state index contributed by atoms with van der Waals surface area (Å²) in [6.07, 6.45) is 11.2. The van der Waals surface area contributed by atoms with Gasteiger partial charge in [-0.05, 0) is 34.7 Å². The van der Waals surface area contributed by atoms with Gasteiger partial charge in [-0.2, -0.15) is 0 Å². The van der Waals surface area contributed by atoms with E-state index in [0.717, 1.165) is 0 Å². The van der Waals surface area contributed by atoms with Gasteiger partial charge in [0, 0.05) is 5.41 Å². The van der Waals surface area contributed by atoms with Gasteiger partial charge in [0.25, 0.3) is 0 Å². The third-order valence-electron chi connectivity index (χ3n) is 4.73. The van der Waals surface area contributed by atoms with Crippen molar-refractivity contribution in [3.8, 4) is 0 Å². The zero-order valence-corrected chi connectivity index (χ0v) is 12.7. The number of hydrogen-bond donors (Lipinski definition) is 0. The first-order chi connectivity index (χ1) is 9.80. The molecule has 1 aliphatic rings. The number of allylic oxidation sites excluding steroid dienone is 1. The third kappa shape index (κ3) is 2.08. The number of rotatable bonds is 5. The minimum absolute atomic E-state index is 0.263. The van der Waals surface area contributed by atoms with Gasteiger partial charge >= 0.3 is 0 Å². The fourth-order valence-electron chi connectivity index (χ4n) is 3.76. The van der Waals surface area contributed by atoms with Gasteiger partial charge in [0.1, 0.15) is 0 Å². The predicted octanol–water partition coefficient (Wildman–Crippen LogP) is 6.09. The van der Waals surface area contributed by atoms with E-state index in [4.69, 9.17) is 0 Å². The van der Waals surface area contributed by atoms with Crippen LogP contribution in [0.25, 0.3) is 16.8 Å². The quantitative estimate of drug-likeness (QED) is 0.612. The summed E-state index contributed by atoms with van der Waals surface area (Å²) in [5, 5.41) is 2.88. The lowest BCUT2D eigenvalue weighted by Gasteiger charge is -2.35. The second-order valence-corrected chi connectivity index (χ2v) is 6.09. The summed E-state index contributed by atoms with van der Waals surface area (Å²) in [5.74, 6) is 0.